The number of aromatic nitrogens is 2. The highest BCUT2D eigenvalue weighted by atomic mass is 32.2. The van der Waals surface area contributed by atoms with Crippen molar-refractivity contribution in [3.63, 3.8) is 0 Å². The lowest BCUT2D eigenvalue weighted by atomic mass is 10.1. The maximum atomic E-state index is 11.3. The van der Waals surface area contributed by atoms with Crippen molar-refractivity contribution in [3.8, 4) is 0 Å². The Kier molecular flexibility index (Phi) is 3.50. The molecule has 1 aliphatic rings. The van der Waals surface area contributed by atoms with Gasteiger partial charge in [-0.2, -0.15) is 0 Å². The van der Waals surface area contributed by atoms with Crippen molar-refractivity contribution in [3.05, 3.63) is 5.89 Å². The van der Waals surface area contributed by atoms with E-state index < -0.39 is 9.84 Å². The summed E-state index contributed by atoms with van der Waals surface area (Å²) in [5.74, 6) is 1.03. The number of ether oxygens (including phenoxy) is 1. The van der Waals surface area contributed by atoms with E-state index in [-0.39, 0.29) is 17.4 Å². The number of rotatable bonds is 4. The van der Waals surface area contributed by atoms with Crippen molar-refractivity contribution in [2.24, 2.45) is 0 Å². The third-order valence-electron chi connectivity index (χ3n) is 2.30. The third-order valence-corrected chi connectivity index (χ3v) is 4.84. The Morgan fingerprint density at radius 1 is 1.56 bits per heavy atom. The summed E-state index contributed by atoms with van der Waals surface area (Å²) in [4.78, 5) is 0. The van der Waals surface area contributed by atoms with Crippen LogP contribution >= 0.6 is 11.8 Å². The SMILES string of the molecule is COCSc1nnc([C@@H]2CCS(=O)(=O)C2)o1. The van der Waals surface area contributed by atoms with Crippen LogP contribution in [0.5, 0.6) is 0 Å². The second kappa shape index (κ2) is 4.72. The zero-order chi connectivity index (χ0) is 11.6. The molecule has 1 saturated heterocycles. The lowest BCUT2D eigenvalue weighted by Crippen LogP contribution is -2.03. The average molecular weight is 264 g/mol. The Labute approximate surface area is 97.7 Å². The lowest BCUT2D eigenvalue weighted by molar-refractivity contribution is 0.257. The molecule has 0 N–H and O–H groups in total. The van der Waals surface area contributed by atoms with Crippen molar-refractivity contribution in [2.75, 3.05) is 24.6 Å². The topological polar surface area (TPSA) is 82.3 Å². The first-order valence-electron chi connectivity index (χ1n) is 4.76. The second-order valence-corrected chi connectivity index (χ2v) is 6.66. The van der Waals surface area contributed by atoms with Crippen LogP contribution in [-0.4, -0.2) is 43.2 Å². The van der Waals surface area contributed by atoms with E-state index in [2.05, 4.69) is 10.2 Å². The molecular weight excluding hydrogens is 252 g/mol. The van der Waals surface area contributed by atoms with Gasteiger partial charge in [0.15, 0.2) is 9.84 Å². The average Bonchev–Trinajstić information content (AvgIpc) is 2.81. The molecule has 1 aliphatic heterocycles. The maximum Gasteiger partial charge on any atom is 0.278 e. The smallest absolute Gasteiger partial charge is 0.278 e. The molecule has 1 atom stereocenters. The fourth-order valence-electron chi connectivity index (χ4n) is 1.54. The number of sulfone groups is 1. The summed E-state index contributed by atoms with van der Waals surface area (Å²) in [6, 6.07) is 0. The van der Waals surface area contributed by atoms with E-state index in [1.165, 1.54) is 11.8 Å². The van der Waals surface area contributed by atoms with Crippen molar-refractivity contribution >= 4 is 21.6 Å². The summed E-state index contributed by atoms with van der Waals surface area (Å²) < 4.78 is 32.8. The molecule has 0 bridgehead atoms. The summed E-state index contributed by atoms with van der Waals surface area (Å²) in [5.41, 5.74) is 0. The highest BCUT2D eigenvalue weighted by Gasteiger charge is 2.32. The van der Waals surface area contributed by atoms with Gasteiger partial charge in [-0.25, -0.2) is 8.42 Å². The molecule has 16 heavy (non-hydrogen) atoms. The predicted octanol–water partition coefficient (Wildman–Crippen LogP) is 0.668. The van der Waals surface area contributed by atoms with Gasteiger partial charge in [-0.15, -0.1) is 10.2 Å². The van der Waals surface area contributed by atoms with E-state index in [1.807, 2.05) is 0 Å². The molecule has 2 heterocycles. The number of hydrogen-bond donors (Lipinski definition) is 0. The van der Waals surface area contributed by atoms with Crippen molar-refractivity contribution in [1.29, 1.82) is 0 Å². The Bertz CT molecular complexity index is 456. The first-order chi connectivity index (χ1) is 7.61. The number of nitrogens with zero attached hydrogens (tertiary/aromatic N) is 2. The first-order valence-corrected chi connectivity index (χ1v) is 7.57. The highest BCUT2D eigenvalue weighted by molar-refractivity contribution is 7.98. The Morgan fingerprint density at radius 3 is 3.00 bits per heavy atom. The van der Waals surface area contributed by atoms with Crippen molar-refractivity contribution in [1.82, 2.24) is 10.2 Å². The van der Waals surface area contributed by atoms with Crippen LogP contribution in [0.3, 0.4) is 0 Å². The largest absolute Gasteiger partial charge is 0.416 e. The second-order valence-electron chi connectivity index (χ2n) is 3.56. The van der Waals surface area contributed by atoms with Crippen LogP contribution in [0, 0.1) is 0 Å². The molecule has 90 valence electrons. The van der Waals surface area contributed by atoms with Crippen LogP contribution in [0.2, 0.25) is 0 Å². The van der Waals surface area contributed by atoms with Gasteiger partial charge in [0.2, 0.25) is 5.89 Å². The summed E-state index contributed by atoms with van der Waals surface area (Å²) in [7, 11) is -1.33. The summed E-state index contributed by atoms with van der Waals surface area (Å²) >= 11 is 1.29. The fraction of sp³-hybridized carbons (Fsp3) is 0.750. The van der Waals surface area contributed by atoms with Crippen LogP contribution in [0.4, 0.5) is 0 Å². The molecule has 0 aliphatic carbocycles. The molecule has 0 saturated carbocycles. The molecule has 0 radical (unpaired) electrons. The predicted molar refractivity (Wildman–Crippen MR) is 58.0 cm³/mol. The standard InChI is InChI=1S/C8H12N2O4S2/c1-13-5-15-8-10-9-7(14-8)6-2-3-16(11,12)4-6/h6H,2-5H2,1H3/t6-/m1/s1. The van der Waals surface area contributed by atoms with Gasteiger partial charge < -0.3 is 9.15 Å². The Hall–Kier alpha value is -0.600. The zero-order valence-corrected chi connectivity index (χ0v) is 10.4. The molecule has 0 spiro atoms. The van der Waals surface area contributed by atoms with Gasteiger partial charge in [0.25, 0.3) is 5.22 Å². The number of thioether (sulfide) groups is 1. The monoisotopic (exact) mass is 264 g/mol. The summed E-state index contributed by atoms with van der Waals surface area (Å²) in [6.45, 7) is 0. The van der Waals surface area contributed by atoms with Gasteiger partial charge in [0.1, 0.15) is 5.94 Å². The molecule has 2 rings (SSSR count). The molecule has 8 heteroatoms. The molecular formula is C8H12N2O4S2. The zero-order valence-electron chi connectivity index (χ0n) is 8.75. The van der Waals surface area contributed by atoms with E-state index in [1.54, 1.807) is 7.11 Å². The third kappa shape index (κ3) is 2.74. The Morgan fingerprint density at radius 2 is 2.38 bits per heavy atom. The van der Waals surface area contributed by atoms with Gasteiger partial charge in [-0.1, -0.05) is 0 Å². The summed E-state index contributed by atoms with van der Waals surface area (Å²) in [6.07, 6.45) is 0.568. The fourth-order valence-corrected chi connectivity index (χ4v) is 3.74. The lowest BCUT2D eigenvalue weighted by Gasteiger charge is -1.98. The molecule has 6 nitrogen and oxygen atoms in total. The maximum absolute atomic E-state index is 11.3. The van der Waals surface area contributed by atoms with E-state index in [9.17, 15) is 8.42 Å². The molecule has 1 aromatic heterocycles. The molecule has 0 unspecified atom stereocenters. The highest BCUT2D eigenvalue weighted by Crippen LogP contribution is 2.29. The van der Waals surface area contributed by atoms with Crippen molar-refractivity contribution in [2.45, 2.75) is 17.6 Å². The van der Waals surface area contributed by atoms with Gasteiger partial charge in [0.05, 0.1) is 17.4 Å². The van der Waals surface area contributed by atoms with Crippen molar-refractivity contribution < 1.29 is 17.6 Å². The van der Waals surface area contributed by atoms with Gasteiger partial charge in [-0.05, 0) is 18.2 Å². The minimum absolute atomic E-state index is 0.115. The van der Waals surface area contributed by atoms with Gasteiger partial charge in [-0.3, -0.25) is 0 Å². The normalized spacial score (nSPS) is 23.7. The molecule has 0 amide bonds. The minimum Gasteiger partial charge on any atom is -0.416 e. The van der Waals surface area contributed by atoms with Crippen LogP contribution in [0.15, 0.2) is 9.64 Å². The van der Waals surface area contributed by atoms with Gasteiger partial charge >= 0.3 is 0 Å². The van der Waals surface area contributed by atoms with E-state index in [0.717, 1.165) is 0 Å². The Balaban J connectivity index is 2.02. The number of methoxy groups -OCH3 is 1. The van der Waals surface area contributed by atoms with Crippen LogP contribution in [0.25, 0.3) is 0 Å². The van der Waals surface area contributed by atoms with E-state index in [0.29, 0.717) is 23.5 Å². The van der Waals surface area contributed by atoms with E-state index >= 15 is 0 Å². The van der Waals surface area contributed by atoms with Crippen LogP contribution in [0.1, 0.15) is 18.2 Å². The van der Waals surface area contributed by atoms with Gasteiger partial charge in [0, 0.05) is 7.11 Å². The number of hydrogen-bond acceptors (Lipinski definition) is 7. The molecule has 1 fully saturated rings. The first kappa shape index (κ1) is 11.9. The quantitative estimate of drug-likeness (QED) is 0.583. The summed E-state index contributed by atoms with van der Waals surface area (Å²) in [5, 5.41) is 8.09. The molecule has 1 aromatic rings. The van der Waals surface area contributed by atoms with Crippen LogP contribution < -0.4 is 0 Å². The van der Waals surface area contributed by atoms with E-state index in [4.69, 9.17) is 9.15 Å². The van der Waals surface area contributed by atoms with Crippen LogP contribution in [-0.2, 0) is 14.6 Å². The molecule has 0 aromatic carbocycles. The minimum atomic E-state index is -2.91.